The van der Waals surface area contributed by atoms with Crippen LogP contribution in [0.2, 0.25) is 0 Å². The highest BCUT2D eigenvalue weighted by Crippen LogP contribution is 2.31. The normalized spacial score (nSPS) is 13.4. The summed E-state index contributed by atoms with van der Waals surface area (Å²) in [5, 5.41) is 11.4. The van der Waals surface area contributed by atoms with Gasteiger partial charge in [-0.05, 0) is 37.1 Å². The third kappa shape index (κ3) is 4.48. The van der Waals surface area contributed by atoms with E-state index in [-0.39, 0.29) is 17.8 Å². The molecule has 1 aliphatic rings. The van der Waals surface area contributed by atoms with Gasteiger partial charge in [0.25, 0.3) is 11.6 Å². The molecule has 1 saturated heterocycles. The van der Waals surface area contributed by atoms with Crippen LogP contribution in [-0.4, -0.2) is 48.4 Å². The maximum atomic E-state index is 12.2. The summed E-state index contributed by atoms with van der Waals surface area (Å²) in [4.78, 5) is 38.6. The molecule has 1 aliphatic heterocycles. The van der Waals surface area contributed by atoms with Crippen LogP contribution < -0.4 is 4.90 Å². The quantitative estimate of drug-likeness (QED) is 0.408. The molecule has 0 N–H and O–H groups in total. The second kappa shape index (κ2) is 8.55. The lowest BCUT2D eigenvalue weighted by atomic mass is 10.1. The number of nitro benzene ring substituents is 1. The average Bonchev–Trinajstić information content (AvgIpc) is 3.39. The van der Waals surface area contributed by atoms with E-state index < -0.39 is 23.4 Å². The molecule has 0 spiro atoms. The fraction of sp³-hybridized carbons (Fsp3) is 0.368. The van der Waals surface area contributed by atoms with Gasteiger partial charge in [0.05, 0.1) is 23.3 Å². The van der Waals surface area contributed by atoms with Gasteiger partial charge >= 0.3 is 5.97 Å². The SMILES string of the molecule is CN(Cc1ccco1)C(=O)COC(=O)c1ccc(N2CCCC2)c([N+](=O)[O-])c1. The third-order valence-corrected chi connectivity index (χ3v) is 4.58. The Hall–Kier alpha value is -3.36. The van der Waals surface area contributed by atoms with Crippen molar-refractivity contribution in [3.8, 4) is 0 Å². The Morgan fingerprint density at radius 1 is 1.29 bits per heavy atom. The molecule has 0 unspecified atom stereocenters. The molecule has 2 heterocycles. The molecule has 1 aromatic carbocycles. The van der Waals surface area contributed by atoms with Crippen LogP contribution in [0.3, 0.4) is 0 Å². The van der Waals surface area contributed by atoms with E-state index in [1.54, 1.807) is 25.2 Å². The number of furan rings is 1. The van der Waals surface area contributed by atoms with Crippen molar-refractivity contribution in [2.45, 2.75) is 19.4 Å². The maximum Gasteiger partial charge on any atom is 0.338 e. The predicted molar refractivity (Wildman–Crippen MR) is 100 cm³/mol. The molecular weight excluding hydrogens is 366 g/mol. The molecule has 148 valence electrons. The van der Waals surface area contributed by atoms with Crippen molar-refractivity contribution < 1.29 is 23.7 Å². The van der Waals surface area contributed by atoms with Gasteiger partial charge in [-0.1, -0.05) is 0 Å². The summed E-state index contributed by atoms with van der Waals surface area (Å²) in [6, 6.07) is 7.70. The Morgan fingerprint density at radius 2 is 2.04 bits per heavy atom. The number of likely N-dealkylation sites (N-methyl/N-ethyl adjacent to an activating group) is 1. The zero-order valence-electron chi connectivity index (χ0n) is 15.5. The van der Waals surface area contributed by atoms with Crippen molar-refractivity contribution in [3.63, 3.8) is 0 Å². The van der Waals surface area contributed by atoms with Crippen LogP contribution in [0.4, 0.5) is 11.4 Å². The van der Waals surface area contributed by atoms with E-state index in [0.29, 0.717) is 11.4 Å². The fourth-order valence-electron chi connectivity index (χ4n) is 3.07. The number of carbonyl (C=O) groups excluding carboxylic acids is 2. The number of benzene rings is 1. The standard InChI is InChI=1S/C19H21N3O6/c1-20(12-15-5-4-10-27-15)18(23)13-28-19(24)14-6-7-16(17(11-14)22(25)26)21-8-2-3-9-21/h4-7,10-11H,2-3,8-9,12-13H2,1H3. The van der Waals surface area contributed by atoms with Gasteiger partial charge in [-0.15, -0.1) is 0 Å². The van der Waals surface area contributed by atoms with Crippen molar-refractivity contribution in [1.82, 2.24) is 4.90 Å². The number of esters is 1. The third-order valence-electron chi connectivity index (χ3n) is 4.58. The number of ether oxygens (including phenoxy) is 1. The molecule has 1 aromatic heterocycles. The van der Waals surface area contributed by atoms with Crippen LogP contribution >= 0.6 is 0 Å². The minimum atomic E-state index is -0.782. The Bertz CT molecular complexity index is 859. The predicted octanol–water partition coefficient (Wildman–Crippen LogP) is 2.60. The highest BCUT2D eigenvalue weighted by Gasteiger charge is 2.24. The first-order valence-corrected chi connectivity index (χ1v) is 8.92. The Balaban J connectivity index is 1.62. The largest absolute Gasteiger partial charge is 0.467 e. The van der Waals surface area contributed by atoms with E-state index in [1.165, 1.54) is 23.3 Å². The smallest absolute Gasteiger partial charge is 0.338 e. The van der Waals surface area contributed by atoms with E-state index in [0.717, 1.165) is 25.9 Å². The van der Waals surface area contributed by atoms with Crippen molar-refractivity contribution in [3.05, 3.63) is 58.0 Å². The molecule has 1 amide bonds. The first-order chi connectivity index (χ1) is 13.5. The number of hydrogen-bond acceptors (Lipinski definition) is 7. The Morgan fingerprint density at radius 3 is 2.68 bits per heavy atom. The maximum absolute atomic E-state index is 12.2. The lowest BCUT2D eigenvalue weighted by Gasteiger charge is -2.18. The number of nitrogens with zero attached hydrogens (tertiary/aromatic N) is 3. The number of rotatable bonds is 7. The molecule has 3 rings (SSSR count). The lowest BCUT2D eigenvalue weighted by Crippen LogP contribution is -2.30. The average molecular weight is 387 g/mol. The van der Waals surface area contributed by atoms with Gasteiger partial charge < -0.3 is 19.0 Å². The Kier molecular flexibility index (Phi) is 5.93. The van der Waals surface area contributed by atoms with Gasteiger partial charge in [0.15, 0.2) is 6.61 Å². The van der Waals surface area contributed by atoms with Crippen molar-refractivity contribution >= 4 is 23.3 Å². The Labute approximate surface area is 161 Å². The van der Waals surface area contributed by atoms with E-state index in [4.69, 9.17) is 9.15 Å². The molecule has 9 heteroatoms. The topological polar surface area (TPSA) is 106 Å². The summed E-state index contributed by atoms with van der Waals surface area (Å²) in [6.45, 7) is 1.29. The van der Waals surface area contributed by atoms with Gasteiger partial charge in [-0.25, -0.2) is 4.79 Å². The monoisotopic (exact) mass is 387 g/mol. The number of amides is 1. The fourth-order valence-corrected chi connectivity index (χ4v) is 3.07. The summed E-state index contributed by atoms with van der Waals surface area (Å²) >= 11 is 0. The first kappa shape index (κ1) is 19.4. The molecular formula is C19H21N3O6. The van der Waals surface area contributed by atoms with E-state index >= 15 is 0 Å². The van der Waals surface area contributed by atoms with Gasteiger partial charge in [0.1, 0.15) is 11.4 Å². The zero-order valence-corrected chi connectivity index (χ0v) is 15.5. The van der Waals surface area contributed by atoms with E-state index in [9.17, 15) is 19.7 Å². The van der Waals surface area contributed by atoms with Gasteiger partial charge in [-0.3, -0.25) is 14.9 Å². The second-order valence-electron chi connectivity index (χ2n) is 6.56. The highest BCUT2D eigenvalue weighted by atomic mass is 16.6. The van der Waals surface area contributed by atoms with Gasteiger partial charge in [0.2, 0.25) is 0 Å². The summed E-state index contributed by atoms with van der Waals surface area (Å²) < 4.78 is 10.2. The van der Waals surface area contributed by atoms with Gasteiger partial charge in [-0.2, -0.15) is 0 Å². The molecule has 2 aromatic rings. The molecule has 0 aliphatic carbocycles. The second-order valence-corrected chi connectivity index (χ2v) is 6.56. The number of anilines is 1. The molecule has 0 bridgehead atoms. The van der Waals surface area contributed by atoms with Crippen molar-refractivity contribution in [1.29, 1.82) is 0 Å². The van der Waals surface area contributed by atoms with Crippen LogP contribution in [0, 0.1) is 10.1 Å². The summed E-state index contributed by atoms with van der Waals surface area (Å²) in [5.41, 5.74) is 0.391. The zero-order chi connectivity index (χ0) is 20.1. The molecule has 0 radical (unpaired) electrons. The minimum Gasteiger partial charge on any atom is -0.467 e. The summed E-state index contributed by atoms with van der Waals surface area (Å²) in [6.07, 6.45) is 3.47. The number of carbonyl (C=O) groups is 2. The molecule has 9 nitrogen and oxygen atoms in total. The summed E-state index contributed by atoms with van der Waals surface area (Å²) in [5.74, 6) is -0.584. The minimum absolute atomic E-state index is 0.0381. The van der Waals surface area contributed by atoms with Crippen LogP contribution in [0.25, 0.3) is 0 Å². The van der Waals surface area contributed by atoms with Crippen LogP contribution in [-0.2, 0) is 16.1 Å². The van der Waals surface area contributed by atoms with Crippen LogP contribution in [0.1, 0.15) is 29.0 Å². The molecule has 0 saturated carbocycles. The van der Waals surface area contributed by atoms with Gasteiger partial charge in [0, 0.05) is 26.2 Å². The lowest BCUT2D eigenvalue weighted by molar-refractivity contribution is -0.384. The van der Waals surface area contributed by atoms with Crippen molar-refractivity contribution in [2.75, 3.05) is 31.6 Å². The first-order valence-electron chi connectivity index (χ1n) is 8.92. The van der Waals surface area contributed by atoms with Crippen LogP contribution in [0.15, 0.2) is 41.0 Å². The van der Waals surface area contributed by atoms with E-state index in [1.807, 2.05) is 4.90 Å². The molecule has 28 heavy (non-hydrogen) atoms. The number of nitro groups is 1. The van der Waals surface area contributed by atoms with Crippen LogP contribution in [0.5, 0.6) is 0 Å². The summed E-state index contributed by atoms with van der Waals surface area (Å²) in [7, 11) is 1.56. The highest BCUT2D eigenvalue weighted by molar-refractivity contribution is 5.93. The molecule has 0 atom stereocenters. The van der Waals surface area contributed by atoms with Crippen molar-refractivity contribution in [2.24, 2.45) is 0 Å². The number of hydrogen-bond donors (Lipinski definition) is 0. The van der Waals surface area contributed by atoms with E-state index in [2.05, 4.69) is 0 Å². The molecule has 1 fully saturated rings.